The molecule has 0 aliphatic carbocycles. The number of hydrogen-bond donors (Lipinski definition) is 2. The van der Waals surface area contributed by atoms with Gasteiger partial charge in [0.1, 0.15) is 17.9 Å². The number of anilines is 2. The molecule has 4 rings (SSSR count). The van der Waals surface area contributed by atoms with Crippen LogP contribution in [0.2, 0.25) is 0 Å². The maximum Gasteiger partial charge on any atom is 0.248 e. The Hall–Kier alpha value is -3.93. The minimum atomic E-state index is -0.264. The molecule has 8 heteroatoms. The Labute approximate surface area is 211 Å². The van der Waals surface area contributed by atoms with Crippen molar-refractivity contribution in [3.8, 4) is 11.8 Å². The molecule has 2 heterocycles. The minimum Gasteiger partial charge on any atom is -0.486 e. The van der Waals surface area contributed by atoms with Crippen molar-refractivity contribution in [2.75, 3.05) is 44.5 Å². The predicted molar refractivity (Wildman–Crippen MR) is 141 cm³/mol. The maximum absolute atomic E-state index is 12.7. The van der Waals surface area contributed by atoms with E-state index >= 15 is 0 Å². The summed E-state index contributed by atoms with van der Waals surface area (Å²) in [4.78, 5) is 19.2. The zero-order valence-corrected chi connectivity index (χ0v) is 20.8. The Bertz CT molecular complexity index is 1280. The van der Waals surface area contributed by atoms with Crippen molar-refractivity contribution in [3.63, 3.8) is 0 Å². The highest BCUT2D eigenvalue weighted by atomic mass is 16.5. The van der Waals surface area contributed by atoms with Gasteiger partial charge in [-0.05, 0) is 32.6 Å². The first-order valence-corrected chi connectivity index (χ1v) is 12.0. The molecule has 2 atom stereocenters. The fourth-order valence-corrected chi connectivity index (χ4v) is 4.03. The van der Waals surface area contributed by atoms with Crippen LogP contribution in [-0.2, 0) is 9.53 Å². The first-order valence-electron chi connectivity index (χ1n) is 12.0. The number of nitriles is 1. The number of aromatic nitrogens is 1. The van der Waals surface area contributed by atoms with Crippen LogP contribution in [0.4, 0.5) is 11.4 Å². The largest absolute Gasteiger partial charge is 0.486 e. The van der Waals surface area contributed by atoms with E-state index in [1.54, 1.807) is 12.3 Å². The zero-order chi connectivity index (χ0) is 25.5. The molecular formula is C28H31N5O3. The molecule has 0 saturated carbocycles. The van der Waals surface area contributed by atoms with Gasteiger partial charge in [-0.3, -0.25) is 9.78 Å². The van der Waals surface area contributed by atoms with Gasteiger partial charge in [-0.2, -0.15) is 5.26 Å². The Morgan fingerprint density at radius 1 is 1.33 bits per heavy atom. The summed E-state index contributed by atoms with van der Waals surface area (Å²) < 4.78 is 11.7. The average Bonchev–Trinajstić information content (AvgIpc) is 3.38. The molecule has 2 aromatic carbocycles. The lowest BCUT2D eigenvalue weighted by Crippen LogP contribution is -2.18. The topological polar surface area (TPSA) is 99.5 Å². The second-order valence-electron chi connectivity index (χ2n) is 9.06. The van der Waals surface area contributed by atoms with Crippen molar-refractivity contribution < 1.29 is 14.3 Å². The molecule has 1 aliphatic heterocycles. The number of carbonyl (C=O) groups is 1. The molecule has 36 heavy (non-hydrogen) atoms. The fourth-order valence-electron chi connectivity index (χ4n) is 4.03. The number of benzene rings is 2. The Kier molecular flexibility index (Phi) is 8.16. The van der Waals surface area contributed by atoms with Gasteiger partial charge in [-0.1, -0.05) is 36.4 Å². The van der Waals surface area contributed by atoms with E-state index in [1.807, 2.05) is 68.4 Å². The van der Waals surface area contributed by atoms with Crippen molar-refractivity contribution in [1.82, 2.24) is 9.88 Å². The number of carbonyl (C=O) groups excluding carboxylic acids is 1. The van der Waals surface area contributed by atoms with Crippen LogP contribution in [0.3, 0.4) is 0 Å². The normalized spacial score (nSPS) is 16.2. The molecule has 2 N–H and O–H groups in total. The summed E-state index contributed by atoms with van der Waals surface area (Å²) in [6.45, 7) is 3.83. The summed E-state index contributed by atoms with van der Waals surface area (Å²) in [5.41, 5.74) is 3.35. The third-order valence-electron chi connectivity index (χ3n) is 5.93. The lowest BCUT2D eigenvalue weighted by molar-refractivity contribution is -0.111. The van der Waals surface area contributed by atoms with Gasteiger partial charge < -0.3 is 25.0 Å². The van der Waals surface area contributed by atoms with Crippen molar-refractivity contribution in [2.24, 2.45) is 0 Å². The van der Waals surface area contributed by atoms with Crippen LogP contribution in [0.25, 0.3) is 10.9 Å². The summed E-state index contributed by atoms with van der Waals surface area (Å²) in [6.07, 6.45) is 5.54. The van der Waals surface area contributed by atoms with Crippen LogP contribution < -0.4 is 15.4 Å². The predicted octanol–water partition coefficient (Wildman–Crippen LogP) is 4.50. The molecule has 8 nitrogen and oxygen atoms in total. The van der Waals surface area contributed by atoms with Gasteiger partial charge in [0.15, 0.2) is 0 Å². The second kappa shape index (κ2) is 11.7. The monoisotopic (exact) mass is 485 g/mol. The SMILES string of the molecule is C[C@@H](Nc1c(C#N)cnc2cc(OC3CCOC3)c(NC(=O)/C=C/CN(C)C)cc12)c1ccccc1. The number of ether oxygens (including phenoxy) is 2. The van der Waals surface area contributed by atoms with E-state index in [1.165, 1.54) is 6.08 Å². The van der Waals surface area contributed by atoms with E-state index in [0.29, 0.717) is 48.0 Å². The second-order valence-corrected chi connectivity index (χ2v) is 9.06. The number of rotatable bonds is 9. The number of amides is 1. The summed E-state index contributed by atoms with van der Waals surface area (Å²) >= 11 is 0. The van der Waals surface area contributed by atoms with Gasteiger partial charge in [-0.25, -0.2) is 0 Å². The first-order chi connectivity index (χ1) is 17.4. The number of nitrogens with zero attached hydrogens (tertiary/aromatic N) is 3. The number of fused-ring (bicyclic) bond motifs is 1. The van der Waals surface area contributed by atoms with E-state index in [2.05, 4.69) is 21.7 Å². The summed E-state index contributed by atoms with van der Waals surface area (Å²) in [5, 5.41) is 17.0. The molecule has 1 saturated heterocycles. The Morgan fingerprint density at radius 3 is 2.83 bits per heavy atom. The average molecular weight is 486 g/mol. The first kappa shape index (κ1) is 25.2. The number of pyridine rings is 1. The third-order valence-corrected chi connectivity index (χ3v) is 5.93. The van der Waals surface area contributed by atoms with Crippen LogP contribution in [0.15, 0.2) is 60.8 Å². The van der Waals surface area contributed by atoms with Gasteiger partial charge in [0.05, 0.1) is 35.7 Å². The molecular weight excluding hydrogens is 454 g/mol. The Morgan fingerprint density at radius 2 is 2.14 bits per heavy atom. The highest BCUT2D eigenvalue weighted by Crippen LogP contribution is 2.37. The fraction of sp³-hybridized carbons (Fsp3) is 0.321. The molecule has 1 aromatic heterocycles. The van der Waals surface area contributed by atoms with E-state index in [0.717, 1.165) is 17.4 Å². The number of likely N-dealkylation sites (N-methyl/N-ethyl adjacent to an activating group) is 1. The van der Waals surface area contributed by atoms with Crippen molar-refractivity contribution in [3.05, 3.63) is 71.9 Å². The molecule has 1 amide bonds. The van der Waals surface area contributed by atoms with Crippen LogP contribution in [0.5, 0.6) is 5.75 Å². The number of nitrogens with one attached hydrogen (secondary N) is 2. The summed E-state index contributed by atoms with van der Waals surface area (Å²) in [7, 11) is 3.87. The molecule has 3 aromatic rings. The van der Waals surface area contributed by atoms with Gasteiger partial charge in [0.2, 0.25) is 5.91 Å². The lowest BCUT2D eigenvalue weighted by Gasteiger charge is -2.20. The van der Waals surface area contributed by atoms with Crippen LogP contribution in [0.1, 0.15) is 30.5 Å². The highest BCUT2D eigenvalue weighted by molar-refractivity contribution is 6.04. The third kappa shape index (κ3) is 6.19. The van der Waals surface area contributed by atoms with Crippen molar-refractivity contribution in [2.45, 2.75) is 25.5 Å². The van der Waals surface area contributed by atoms with Crippen molar-refractivity contribution >= 4 is 28.2 Å². The number of hydrogen-bond acceptors (Lipinski definition) is 7. The smallest absolute Gasteiger partial charge is 0.248 e. The lowest BCUT2D eigenvalue weighted by atomic mass is 10.0. The molecule has 1 aliphatic rings. The molecule has 0 spiro atoms. The molecule has 0 radical (unpaired) electrons. The Balaban J connectivity index is 1.73. The summed E-state index contributed by atoms with van der Waals surface area (Å²) in [5.74, 6) is 0.256. The standard InChI is InChI=1S/C28H31N5O3/c1-19(20-8-5-4-6-9-20)31-28-21(16-29)17-30-24-15-26(36-22-11-13-35-18-22)25(14-23(24)28)32-27(34)10-7-12-33(2)3/h4-10,14-15,17,19,22H,11-13,18H2,1-3H3,(H,30,31)(H,32,34)/b10-7+/t19-,22?/m1/s1. The molecule has 1 fully saturated rings. The quantitative estimate of drug-likeness (QED) is 0.431. The van der Waals surface area contributed by atoms with Gasteiger partial charge in [0.25, 0.3) is 0 Å². The van der Waals surface area contributed by atoms with E-state index < -0.39 is 0 Å². The van der Waals surface area contributed by atoms with E-state index in [4.69, 9.17) is 9.47 Å². The van der Waals surface area contributed by atoms with Gasteiger partial charge >= 0.3 is 0 Å². The van der Waals surface area contributed by atoms with E-state index in [9.17, 15) is 10.1 Å². The van der Waals surface area contributed by atoms with Crippen molar-refractivity contribution in [1.29, 1.82) is 5.26 Å². The minimum absolute atomic E-state index is 0.0533. The van der Waals surface area contributed by atoms with E-state index in [-0.39, 0.29) is 18.1 Å². The van der Waals surface area contributed by atoms with Crippen LogP contribution in [-0.4, -0.2) is 55.7 Å². The van der Waals surface area contributed by atoms with Gasteiger partial charge in [0, 0.05) is 42.7 Å². The molecule has 0 bridgehead atoms. The highest BCUT2D eigenvalue weighted by Gasteiger charge is 2.21. The maximum atomic E-state index is 12.7. The summed E-state index contributed by atoms with van der Waals surface area (Å²) in [6, 6.07) is 15.8. The zero-order valence-electron chi connectivity index (χ0n) is 20.8. The van der Waals surface area contributed by atoms with Crippen LogP contribution >= 0.6 is 0 Å². The van der Waals surface area contributed by atoms with Crippen LogP contribution in [0, 0.1) is 11.3 Å². The molecule has 186 valence electrons. The molecule has 1 unspecified atom stereocenters. The van der Waals surface area contributed by atoms with Gasteiger partial charge in [-0.15, -0.1) is 0 Å².